The van der Waals surface area contributed by atoms with Gasteiger partial charge in [0.05, 0.1) is 12.1 Å². The second-order valence-electron chi connectivity index (χ2n) is 4.37. The number of aromatic nitrogens is 2. The minimum atomic E-state index is -0.0153. The van der Waals surface area contributed by atoms with Gasteiger partial charge in [-0.25, -0.2) is 9.97 Å². The molecule has 2 aromatic rings. The molecule has 1 heterocycles. The van der Waals surface area contributed by atoms with E-state index in [0.29, 0.717) is 12.2 Å². The first-order valence-corrected chi connectivity index (χ1v) is 7.51. The number of rotatable bonds is 6. The summed E-state index contributed by atoms with van der Waals surface area (Å²) in [5, 5.41) is 3.74. The highest BCUT2D eigenvalue weighted by Crippen LogP contribution is 2.17. The Labute approximate surface area is 128 Å². The number of carbonyl (C=O) groups is 1. The minimum Gasteiger partial charge on any atom is -0.497 e. The Hall–Kier alpha value is -2.08. The van der Waals surface area contributed by atoms with Crippen LogP contribution >= 0.6 is 11.8 Å². The Morgan fingerprint density at radius 3 is 2.71 bits per heavy atom. The van der Waals surface area contributed by atoms with E-state index in [1.807, 2.05) is 37.3 Å². The molecule has 1 aromatic carbocycles. The number of thioether (sulfide) groups is 1. The SMILES string of the molecule is COc1ccc(NC(=O)CCSc2cc(C)ncn2)cc1. The van der Waals surface area contributed by atoms with Gasteiger partial charge in [0.25, 0.3) is 0 Å². The standard InChI is InChI=1S/C15H17N3O2S/c1-11-9-15(17-10-16-11)21-8-7-14(19)18-12-3-5-13(20-2)6-4-12/h3-6,9-10H,7-8H2,1-2H3,(H,18,19). The summed E-state index contributed by atoms with van der Waals surface area (Å²) >= 11 is 1.55. The lowest BCUT2D eigenvalue weighted by molar-refractivity contribution is -0.115. The van der Waals surface area contributed by atoms with Crippen molar-refractivity contribution in [3.8, 4) is 5.75 Å². The van der Waals surface area contributed by atoms with Crippen LogP contribution in [0.25, 0.3) is 0 Å². The molecule has 0 spiro atoms. The summed E-state index contributed by atoms with van der Waals surface area (Å²) < 4.78 is 5.07. The predicted molar refractivity (Wildman–Crippen MR) is 83.7 cm³/mol. The third-order valence-electron chi connectivity index (χ3n) is 2.73. The number of aryl methyl sites for hydroxylation is 1. The van der Waals surface area contributed by atoms with Gasteiger partial charge in [-0.1, -0.05) is 0 Å². The van der Waals surface area contributed by atoms with E-state index in [9.17, 15) is 4.79 Å². The molecule has 0 aliphatic rings. The van der Waals surface area contributed by atoms with Crippen LogP contribution < -0.4 is 10.1 Å². The lowest BCUT2D eigenvalue weighted by Crippen LogP contribution is -2.12. The molecule has 21 heavy (non-hydrogen) atoms. The van der Waals surface area contributed by atoms with E-state index in [0.717, 1.165) is 22.2 Å². The highest BCUT2D eigenvalue weighted by molar-refractivity contribution is 7.99. The highest BCUT2D eigenvalue weighted by Gasteiger charge is 2.04. The lowest BCUT2D eigenvalue weighted by Gasteiger charge is -2.06. The molecule has 5 nitrogen and oxygen atoms in total. The zero-order valence-electron chi connectivity index (χ0n) is 12.0. The Balaban J connectivity index is 1.76. The van der Waals surface area contributed by atoms with Crippen LogP contribution in [0, 0.1) is 6.92 Å². The first-order chi connectivity index (χ1) is 10.2. The molecule has 1 amide bonds. The molecule has 6 heteroatoms. The number of nitrogens with zero attached hydrogens (tertiary/aromatic N) is 2. The monoisotopic (exact) mass is 303 g/mol. The van der Waals surface area contributed by atoms with Gasteiger partial charge in [-0.05, 0) is 37.3 Å². The summed E-state index contributed by atoms with van der Waals surface area (Å²) in [6.07, 6.45) is 1.97. The van der Waals surface area contributed by atoms with Gasteiger partial charge in [0.2, 0.25) is 5.91 Å². The van der Waals surface area contributed by atoms with E-state index in [1.165, 1.54) is 6.33 Å². The molecule has 1 aromatic heterocycles. The fourth-order valence-corrected chi connectivity index (χ4v) is 2.53. The summed E-state index contributed by atoms with van der Waals surface area (Å²) in [6.45, 7) is 1.92. The third-order valence-corrected chi connectivity index (χ3v) is 3.66. The zero-order chi connectivity index (χ0) is 15.1. The first-order valence-electron chi connectivity index (χ1n) is 6.53. The number of nitrogens with one attached hydrogen (secondary N) is 1. The number of amides is 1. The van der Waals surface area contributed by atoms with Crippen LogP contribution in [0.3, 0.4) is 0 Å². The molecule has 0 atom stereocenters. The van der Waals surface area contributed by atoms with E-state index in [2.05, 4.69) is 15.3 Å². The molecule has 0 radical (unpaired) electrons. The maximum atomic E-state index is 11.8. The van der Waals surface area contributed by atoms with Crippen molar-refractivity contribution < 1.29 is 9.53 Å². The van der Waals surface area contributed by atoms with Crippen LogP contribution in [-0.4, -0.2) is 28.7 Å². The molecule has 0 aliphatic carbocycles. The van der Waals surface area contributed by atoms with Crippen LogP contribution in [0.1, 0.15) is 12.1 Å². The first kappa shape index (κ1) is 15.3. The van der Waals surface area contributed by atoms with Gasteiger partial charge in [-0.2, -0.15) is 0 Å². The number of hydrogen-bond acceptors (Lipinski definition) is 5. The van der Waals surface area contributed by atoms with E-state index >= 15 is 0 Å². The summed E-state index contributed by atoms with van der Waals surface area (Å²) in [5.41, 5.74) is 1.69. The highest BCUT2D eigenvalue weighted by atomic mass is 32.2. The van der Waals surface area contributed by atoms with E-state index in [4.69, 9.17) is 4.74 Å². The lowest BCUT2D eigenvalue weighted by atomic mass is 10.3. The second kappa shape index (κ2) is 7.64. The van der Waals surface area contributed by atoms with Crippen LogP contribution in [0.2, 0.25) is 0 Å². The summed E-state index contributed by atoms with van der Waals surface area (Å²) in [6, 6.07) is 9.17. The second-order valence-corrected chi connectivity index (χ2v) is 5.49. The molecular weight excluding hydrogens is 286 g/mol. The minimum absolute atomic E-state index is 0.0153. The number of anilines is 1. The van der Waals surface area contributed by atoms with Crippen LogP contribution in [-0.2, 0) is 4.79 Å². The van der Waals surface area contributed by atoms with Crippen molar-refractivity contribution in [2.24, 2.45) is 0 Å². The van der Waals surface area contributed by atoms with Crippen molar-refractivity contribution >= 4 is 23.4 Å². The van der Waals surface area contributed by atoms with Gasteiger partial charge in [0, 0.05) is 23.6 Å². The Morgan fingerprint density at radius 1 is 1.29 bits per heavy atom. The summed E-state index contributed by atoms with van der Waals surface area (Å²) in [5.74, 6) is 1.43. The van der Waals surface area contributed by atoms with Crippen LogP contribution in [0.15, 0.2) is 41.7 Å². The Morgan fingerprint density at radius 2 is 2.05 bits per heavy atom. The van der Waals surface area contributed by atoms with Crippen molar-refractivity contribution in [3.05, 3.63) is 42.4 Å². The molecule has 0 saturated heterocycles. The Kier molecular flexibility index (Phi) is 5.57. The molecule has 1 N–H and O–H groups in total. The van der Waals surface area contributed by atoms with Crippen molar-refractivity contribution in [1.82, 2.24) is 9.97 Å². The summed E-state index contributed by atoms with van der Waals surface area (Å²) in [4.78, 5) is 20.0. The van der Waals surface area contributed by atoms with Crippen LogP contribution in [0.5, 0.6) is 5.75 Å². The van der Waals surface area contributed by atoms with Crippen molar-refractivity contribution in [2.45, 2.75) is 18.4 Å². The molecule has 0 saturated carbocycles. The largest absolute Gasteiger partial charge is 0.497 e. The Bertz CT molecular complexity index is 602. The number of ether oxygens (including phenoxy) is 1. The average molecular weight is 303 g/mol. The van der Waals surface area contributed by atoms with Crippen molar-refractivity contribution in [2.75, 3.05) is 18.2 Å². The number of hydrogen-bond donors (Lipinski definition) is 1. The number of carbonyl (C=O) groups excluding carboxylic acids is 1. The van der Waals surface area contributed by atoms with Crippen molar-refractivity contribution in [1.29, 1.82) is 0 Å². The number of benzene rings is 1. The van der Waals surface area contributed by atoms with Gasteiger partial charge in [-0.15, -0.1) is 11.8 Å². The quantitative estimate of drug-likeness (QED) is 0.656. The normalized spacial score (nSPS) is 10.2. The topological polar surface area (TPSA) is 64.1 Å². The molecule has 0 fully saturated rings. The molecule has 0 unspecified atom stereocenters. The molecule has 0 aliphatic heterocycles. The van der Waals surface area contributed by atoms with Crippen molar-refractivity contribution in [3.63, 3.8) is 0 Å². The summed E-state index contributed by atoms with van der Waals surface area (Å²) in [7, 11) is 1.61. The van der Waals surface area contributed by atoms with Gasteiger partial charge < -0.3 is 10.1 Å². The fourth-order valence-electron chi connectivity index (χ4n) is 1.66. The van der Waals surface area contributed by atoms with E-state index < -0.39 is 0 Å². The maximum absolute atomic E-state index is 11.8. The molecule has 110 valence electrons. The van der Waals surface area contributed by atoms with Gasteiger partial charge in [0.15, 0.2) is 0 Å². The smallest absolute Gasteiger partial charge is 0.225 e. The zero-order valence-corrected chi connectivity index (χ0v) is 12.8. The molecular formula is C15H17N3O2S. The van der Waals surface area contributed by atoms with E-state index in [-0.39, 0.29) is 5.91 Å². The van der Waals surface area contributed by atoms with Gasteiger partial charge >= 0.3 is 0 Å². The number of methoxy groups -OCH3 is 1. The third kappa shape index (κ3) is 5.07. The molecule has 0 bridgehead atoms. The molecule has 2 rings (SSSR count). The maximum Gasteiger partial charge on any atom is 0.225 e. The predicted octanol–water partition coefficient (Wildman–Crippen LogP) is 2.91. The van der Waals surface area contributed by atoms with E-state index in [1.54, 1.807) is 18.9 Å². The van der Waals surface area contributed by atoms with Gasteiger partial charge in [-0.3, -0.25) is 4.79 Å². The van der Waals surface area contributed by atoms with Crippen LogP contribution in [0.4, 0.5) is 5.69 Å². The van der Waals surface area contributed by atoms with Gasteiger partial charge in [0.1, 0.15) is 12.1 Å². The fraction of sp³-hybridized carbons (Fsp3) is 0.267. The average Bonchev–Trinajstić information content (AvgIpc) is 2.48.